The first-order valence-electron chi connectivity index (χ1n) is 9.79. The summed E-state index contributed by atoms with van der Waals surface area (Å²) in [7, 11) is 6.59. The Hall–Kier alpha value is -3.47. The molecule has 0 spiro atoms. The van der Waals surface area contributed by atoms with Crippen molar-refractivity contribution in [3.63, 3.8) is 0 Å². The number of nitrogens with zero attached hydrogens (tertiary/aromatic N) is 1. The first-order chi connectivity index (χ1) is 14.7. The monoisotopic (exact) mass is 403 g/mol. The molecule has 5 nitrogen and oxygen atoms in total. The van der Waals surface area contributed by atoms with Crippen LogP contribution >= 0.6 is 0 Å². The van der Waals surface area contributed by atoms with Gasteiger partial charge in [0.25, 0.3) is 0 Å². The van der Waals surface area contributed by atoms with Gasteiger partial charge in [-0.05, 0) is 41.8 Å². The summed E-state index contributed by atoms with van der Waals surface area (Å²) in [6, 6.07) is 20.2. The zero-order valence-corrected chi connectivity index (χ0v) is 17.6. The molecule has 3 aromatic carbocycles. The Labute approximate surface area is 176 Å². The number of rotatable bonds is 6. The lowest BCUT2D eigenvalue weighted by Gasteiger charge is -2.26. The predicted octanol–water partition coefficient (Wildman–Crippen LogP) is 4.86. The molecule has 0 N–H and O–H groups in total. The Kier molecular flexibility index (Phi) is 5.61. The summed E-state index contributed by atoms with van der Waals surface area (Å²) in [5.41, 5.74) is 5.31. The fraction of sp³-hybridized carbons (Fsp3) is 0.240. The minimum atomic E-state index is -0.0504. The van der Waals surface area contributed by atoms with Crippen molar-refractivity contribution in [2.45, 2.75) is 12.5 Å². The van der Waals surface area contributed by atoms with E-state index < -0.39 is 0 Å². The van der Waals surface area contributed by atoms with Crippen molar-refractivity contribution in [3.8, 4) is 23.0 Å². The maximum atomic E-state index is 5.55. The molecule has 154 valence electrons. The minimum absolute atomic E-state index is 0.0504. The van der Waals surface area contributed by atoms with E-state index in [1.807, 2.05) is 42.5 Å². The molecule has 0 aliphatic carbocycles. The normalized spacial score (nSPS) is 15.1. The highest BCUT2D eigenvalue weighted by Gasteiger charge is 2.26. The molecule has 0 fully saturated rings. The molecule has 1 aliphatic heterocycles. The minimum Gasteiger partial charge on any atom is -0.493 e. The third kappa shape index (κ3) is 3.59. The van der Waals surface area contributed by atoms with Crippen molar-refractivity contribution in [3.05, 3.63) is 82.9 Å². The number of fused-ring (bicyclic) bond motifs is 1. The second-order valence-electron chi connectivity index (χ2n) is 7.04. The van der Waals surface area contributed by atoms with Crippen LogP contribution in [0.25, 0.3) is 0 Å². The number of methoxy groups -OCH3 is 4. The van der Waals surface area contributed by atoms with E-state index >= 15 is 0 Å². The van der Waals surface area contributed by atoms with Gasteiger partial charge in [-0.25, -0.2) is 0 Å². The summed E-state index contributed by atoms with van der Waals surface area (Å²) in [5, 5.41) is 0. The average molecular weight is 403 g/mol. The summed E-state index contributed by atoms with van der Waals surface area (Å²) in [6.45, 7) is 0. The van der Waals surface area contributed by atoms with E-state index in [0.29, 0.717) is 17.2 Å². The standard InChI is InChI=1S/C25H25NO4/c1-27-21-11-10-17(13-22(21)28-2)20-12-18-14-23(29-3)24(30-4)15-19(18)25(26-20)16-8-6-5-7-9-16/h5-11,13-15,20H,12H2,1-4H3. The van der Waals surface area contributed by atoms with E-state index in [0.717, 1.165) is 34.6 Å². The van der Waals surface area contributed by atoms with Crippen molar-refractivity contribution in [2.75, 3.05) is 28.4 Å². The molecule has 1 atom stereocenters. The molecule has 0 radical (unpaired) electrons. The third-order valence-corrected chi connectivity index (χ3v) is 5.40. The van der Waals surface area contributed by atoms with Crippen molar-refractivity contribution in [2.24, 2.45) is 4.99 Å². The molecule has 1 aliphatic rings. The van der Waals surface area contributed by atoms with E-state index in [2.05, 4.69) is 18.2 Å². The SMILES string of the molecule is COc1ccc(C2Cc3cc(OC)c(OC)cc3C(c3ccccc3)=N2)cc1OC. The molecule has 30 heavy (non-hydrogen) atoms. The van der Waals surface area contributed by atoms with Crippen LogP contribution in [0.1, 0.15) is 28.3 Å². The highest BCUT2D eigenvalue weighted by Crippen LogP contribution is 2.39. The number of aliphatic imine (C=N–C) groups is 1. The first kappa shape index (κ1) is 19.8. The van der Waals surface area contributed by atoms with Crippen LogP contribution in [-0.2, 0) is 6.42 Å². The van der Waals surface area contributed by atoms with Crippen LogP contribution in [-0.4, -0.2) is 34.2 Å². The Bertz CT molecular complexity index is 1080. The molecule has 0 amide bonds. The van der Waals surface area contributed by atoms with Gasteiger partial charge in [0, 0.05) is 11.1 Å². The smallest absolute Gasteiger partial charge is 0.161 e. The van der Waals surface area contributed by atoms with Gasteiger partial charge >= 0.3 is 0 Å². The van der Waals surface area contributed by atoms with Gasteiger partial charge < -0.3 is 18.9 Å². The maximum absolute atomic E-state index is 5.55. The van der Waals surface area contributed by atoms with E-state index in [-0.39, 0.29) is 6.04 Å². The molecule has 1 unspecified atom stereocenters. The second kappa shape index (κ2) is 8.49. The Morgan fingerprint density at radius 2 is 1.33 bits per heavy atom. The molecule has 0 aromatic heterocycles. The Morgan fingerprint density at radius 1 is 0.700 bits per heavy atom. The van der Waals surface area contributed by atoms with Crippen LogP contribution in [0.4, 0.5) is 0 Å². The summed E-state index contributed by atoms with van der Waals surface area (Å²) in [4.78, 5) is 5.15. The fourth-order valence-corrected chi connectivity index (χ4v) is 3.87. The van der Waals surface area contributed by atoms with E-state index in [1.54, 1.807) is 28.4 Å². The van der Waals surface area contributed by atoms with Crippen LogP contribution < -0.4 is 18.9 Å². The first-order valence-corrected chi connectivity index (χ1v) is 9.79. The molecule has 3 aromatic rings. The lowest BCUT2D eigenvalue weighted by atomic mass is 9.87. The second-order valence-corrected chi connectivity index (χ2v) is 7.04. The van der Waals surface area contributed by atoms with Crippen LogP contribution in [0.15, 0.2) is 65.7 Å². The molecule has 0 bridgehead atoms. The topological polar surface area (TPSA) is 49.3 Å². The molecule has 4 rings (SSSR count). The number of ether oxygens (including phenoxy) is 4. The quantitative estimate of drug-likeness (QED) is 0.590. The third-order valence-electron chi connectivity index (χ3n) is 5.40. The van der Waals surface area contributed by atoms with Crippen LogP contribution in [0.2, 0.25) is 0 Å². The van der Waals surface area contributed by atoms with Gasteiger partial charge in [-0.3, -0.25) is 4.99 Å². The summed E-state index contributed by atoms with van der Waals surface area (Å²) >= 11 is 0. The molecule has 5 heteroatoms. The zero-order chi connectivity index (χ0) is 21.1. The highest BCUT2D eigenvalue weighted by atomic mass is 16.5. The van der Waals surface area contributed by atoms with Crippen molar-refractivity contribution in [1.29, 1.82) is 0 Å². The average Bonchev–Trinajstić information content (AvgIpc) is 2.82. The van der Waals surface area contributed by atoms with Crippen molar-refractivity contribution in [1.82, 2.24) is 0 Å². The highest BCUT2D eigenvalue weighted by molar-refractivity contribution is 6.14. The Balaban J connectivity index is 1.86. The van der Waals surface area contributed by atoms with Crippen molar-refractivity contribution < 1.29 is 18.9 Å². The number of hydrogen-bond acceptors (Lipinski definition) is 5. The fourth-order valence-electron chi connectivity index (χ4n) is 3.87. The number of hydrogen-bond donors (Lipinski definition) is 0. The summed E-state index contributed by atoms with van der Waals surface area (Å²) in [5.74, 6) is 2.82. The van der Waals surface area contributed by atoms with Gasteiger partial charge in [-0.15, -0.1) is 0 Å². The van der Waals surface area contributed by atoms with Crippen LogP contribution in [0.3, 0.4) is 0 Å². The molecule has 0 saturated carbocycles. The van der Waals surface area contributed by atoms with Crippen LogP contribution in [0.5, 0.6) is 23.0 Å². The summed E-state index contributed by atoms with van der Waals surface area (Å²) < 4.78 is 22.0. The Morgan fingerprint density at radius 3 is 2.00 bits per heavy atom. The zero-order valence-electron chi connectivity index (χ0n) is 17.6. The summed E-state index contributed by atoms with van der Waals surface area (Å²) in [6.07, 6.45) is 0.751. The molecular weight excluding hydrogens is 378 g/mol. The predicted molar refractivity (Wildman–Crippen MR) is 118 cm³/mol. The van der Waals surface area contributed by atoms with E-state index in [4.69, 9.17) is 23.9 Å². The van der Waals surface area contributed by atoms with Gasteiger partial charge in [0.05, 0.1) is 40.2 Å². The maximum Gasteiger partial charge on any atom is 0.161 e. The van der Waals surface area contributed by atoms with Crippen LogP contribution in [0, 0.1) is 0 Å². The number of benzene rings is 3. The molecular formula is C25H25NO4. The lowest BCUT2D eigenvalue weighted by molar-refractivity contribution is 0.353. The molecule has 0 saturated heterocycles. The molecule has 1 heterocycles. The van der Waals surface area contributed by atoms with E-state index in [1.165, 1.54) is 5.56 Å². The van der Waals surface area contributed by atoms with Gasteiger partial charge in [0.1, 0.15) is 0 Å². The largest absolute Gasteiger partial charge is 0.493 e. The van der Waals surface area contributed by atoms with Gasteiger partial charge in [-0.1, -0.05) is 36.4 Å². The van der Waals surface area contributed by atoms with Gasteiger partial charge in [-0.2, -0.15) is 0 Å². The lowest BCUT2D eigenvalue weighted by Crippen LogP contribution is -2.18. The van der Waals surface area contributed by atoms with E-state index in [9.17, 15) is 0 Å². The van der Waals surface area contributed by atoms with Crippen molar-refractivity contribution >= 4 is 5.71 Å². The van der Waals surface area contributed by atoms with Gasteiger partial charge in [0.2, 0.25) is 0 Å². The van der Waals surface area contributed by atoms with Gasteiger partial charge in [0.15, 0.2) is 23.0 Å².